The molecule has 2 N–H and O–H groups in total. The lowest BCUT2D eigenvalue weighted by molar-refractivity contribution is -0.123. The molecule has 0 aliphatic rings. The molecule has 4 aromatic carbocycles. The molecule has 0 radical (unpaired) electrons. The van der Waals surface area contributed by atoms with Crippen LogP contribution < -0.4 is 20.2 Å². The van der Waals surface area contributed by atoms with Gasteiger partial charge in [0.25, 0.3) is 11.8 Å². The van der Waals surface area contributed by atoms with Gasteiger partial charge in [-0.05, 0) is 64.2 Å². The molecule has 4 rings (SSSR count). The number of benzene rings is 4. The van der Waals surface area contributed by atoms with Crippen LogP contribution >= 0.6 is 23.2 Å². The fourth-order valence-electron chi connectivity index (χ4n) is 4.13. The van der Waals surface area contributed by atoms with E-state index in [9.17, 15) is 9.59 Å². The molecule has 7 nitrogen and oxygen atoms in total. The van der Waals surface area contributed by atoms with Crippen LogP contribution in [0.4, 0.5) is 0 Å². The topological polar surface area (TPSA) is 89.0 Å². The Balaban J connectivity index is 1.39. The number of ether oxygens (including phenoxy) is 2. The summed E-state index contributed by atoms with van der Waals surface area (Å²) >= 11 is 12.1. The van der Waals surface area contributed by atoms with Gasteiger partial charge in [-0.2, -0.15) is 5.10 Å². The normalized spacial score (nSPS) is 11.9. The second-order valence-electron chi connectivity index (χ2n) is 9.39. The third-order valence-corrected chi connectivity index (χ3v) is 6.80. The Hall–Kier alpha value is -4.07. The van der Waals surface area contributed by atoms with Crippen molar-refractivity contribution in [3.05, 3.63) is 106 Å². The maximum Gasteiger partial charge on any atom is 0.262 e. The van der Waals surface area contributed by atoms with E-state index in [1.165, 1.54) is 18.3 Å². The van der Waals surface area contributed by atoms with Crippen molar-refractivity contribution in [3.8, 4) is 11.5 Å². The van der Waals surface area contributed by atoms with E-state index < -0.39 is 17.9 Å². The standard InChI is InChI=1S/C31H29Cl2N3O4/c1-19(2)29(35-30(37)25-13-12-23(32)16-26(25)33)31(38)36-34-17-20-11-14-27(28(15-20)39-3)40-18-22-9-6-8-21-7-4-5-10-24(21)22/h4-17,19,29H,18H2,1-3H3,(H,35,37)(H,36,38). The van der Waals surface area contributed by atoms with Crippen molar-refractivity contribution in [3.63, 3.8) is 0 Å². The largest absolute Gasteiger partial charge is 0.493 e. The highest BCUT2D eigenvalue weighted by Crippen LogP contribution is 2.29. The highest BCUT2D eigenvalue weighted by Gasteiger charge is 2.25. The maximum absolute atomic E-state index is 12.8. The number of halogens is 2. The first-order valence-corrected chi connectivity index (χ1v) is 13.4. The quantitative estimate of drug-likeness (QED) is 0.163. The van der Waals surface area contributed by atoms with Gasteiger partial charge in [-0.15, -0.1) is 0 Å². The number of nitrogens with one attached hydrogen (secondary N) is 2. The number of methoxy groups -OCH3 is 1. The van der Waals surface area contributed by atoms with Crippen molar-refractivity contribution in [1.82, 2.24) is 10.7 Å². The van der Waals surface area contributed by atoms with Gasteiger partial charge < -0.3 is 14.8 Å². The van der Waals surface area contributed by atoms with E-state index in [1.807, 2.05) is 38.1 Å². The number of nitrogens with zero attached hydrogens (tertiary/aromatic N) is 1. The second kappa shape index (κ2) is 13.3. The smallest absolute Gasteiger partial charge is 0.262 e. The minimum atomic E-state index is -0.837. The Morgan fingerprint density at radius 3 is 2.48 bits per heavy atom. The molecule has 0 saturated carbocycles. The molecule has 206 valence electrons. The number of amides is 2. The van der Waals surface area contributed by atoms with Gasteiger partial charge in [-0.25, -0.2) is 5.43 Å². The predicted octanol–water partition coefficient (Wildman–Crippen LogP) is 6.64. The Bertz CT molecular complexity index is 1550. The predicted molar refractivity (Wildman–Crippen MR) is 160 cm³/mol. The van der Waals surface area contributed by atoms with Gasteiger partial charge in [0.2, 0.25) is 0 Å². The molecule has 1 unspecified atom stereocenters. The van der Waals surface area contributed by atoms with Gasteiger partial charge in [-0.3, -0.25) is 9.59 Å². The van der Waals surface area contributed by atoms with Crippen LogP contribution in [0.1, 0.15) is 35.3 Å². The number of rotatable bonds is 10. The van der Waals surface area contributed by atoms with E-state index in [-0.39, 0.29) is 16.5 Å². The summed E-state index contributed by atoms with van der Waals surface area (Å²) in [6.07, 6.45) is 1.49. The van der Waals surface area contributed by atoms with Crippen LogP contribution in [0, 0.1) is 5.92 Å². The van der Waals surface area contributed by atoms with Crippen LogP contribution in [0.2, 0.25) is 10.0 Å². The summed E-state index contributed by atoms with van der Waals surface area (Å²) in [5.41, 5.74) is 4.48. The van der Waals surface area contributed by atoms with Crippen molar-refractivity contribution in [2.45, 2.75) is 26.5 Å². The van der Waals surface area contributed by atoms with E-state index in [0.29, 0.717) is 28.7 Å². The first kappa shape index (κ1) is 28.9. The fourth-order valence-corrected chi connectivity index (χ4v) is 4.62. The molecule has 0 heterocycles. The van der Waals surface area contributed by atoms with Crippen molar-refractivity contribution in [2.24, 2.45) is 11.0 Å². The molecule has 0 aromatic heterocycles. The number of hydrogen-bond acceptors (Lipinski definition) is 5. The van der Waals surface area contributed by atoms with E-state index in [2.05, 4.69) is 34.0 Å². The van der Waals surface area contributed by atoms with Crippen molar-refractivity contribution < 1.29 is 19.1 Å². The van der Waals surface area contributed by atoms with Crippen molar-refractivity contribution >= 4 is 52.0 Å². The molecule has 0 saturated heterocycles. The van der Waals surface area contributed by atoms with Crippen LogP contribution in [0.15, 0.2) is 84.0 Å². The lowest BCUT2D eigenvalue weighted by atomic mass is 10.0. The monoisotopic (exact) mass is 577 g/mol. The van der Waals surface area contributed by atoms with Crippen molar-refractivity contribution in [1.29, 1.82) is 0 Å². The number of carbonyl (C=O) groups excluding carboxylic acids is 2. The molecule has 2 amide bonds. The first-order valence-electron chi connectivity index (χ1n) is 12.6. The van der Waals surface area contributed by atoms with Gasteiger partial charge in [0.15, 0.2) is 11.5 Å². The van der Waals surface area contributed by atoms with Gasteiger partial charge >= 0.3 is 0 Å². The van der Waals surface area contributed by atoms with Crippen LogP contribution in [0.5, 0.6) is 11.5 Å². The molecular formula is C31H29Cl2N3O4. The zero-order valence-electron chi connectivity index (χ0n) is 22.3. The Morgan fingerprint density at radius 2 is 1.73 bits per heavy atom. The molecule has 9 heteroatoms. The summed E-state index contributed by atoms with van der Waals surface area (Å²) in [5.74, 6) is -0.0405. The zero-order chi connectivity index (χ0) is 28.6. The maximum atomic E-state index is 12.8. The molecule has 40 heavy (non-hydrogen) atoms. The first-order chi connectivity index (χ1) is 19.3. The van der Waals surface area contributed by atoms with E-state index >= 15 is 0 Å². The van der Waals surface area contributed by atoms with E-state index in [0.717, 1.165) is 16.3 Å². The number of hydrazone groups is 1. The van der Waals surface area contributed by atoms with Crippen molar-refractivity contribution in [2.75, 3.05) is 7.11 Å². The lowest BCUT2D eigenvalue weighted by Gasteiger charge is -2.20. The Kier molecular flexibility index (Phi) is 9.64. The van der Waals surface area contributed by atoms with Crippen LogP contribution in [0.3, 0.4) is 0 Å². The third-order valence-electron chi connectivity index (χ3n) is 6.25. The lowest BCUT2D eigenvalue weighted by Crippen LogP contribution is -2.48. The molecule has 1 atom stereocenters. The number of carbonyl (C=O) groups is 2. The summed E-state index contributed by atoms with van der Waals surface area (Å²) in [6.45, 7) is 4.02. The molecule has 0 aliphatic heterocycles. The van der Waals surface area contributed by atoms with E-state index in [4.69, 9.17) is 32.7 Å². The summed E-state index contributed by atoms with van der Waals surface area (Å²) in [5, 5.41) is 9.68. The summed E-state index contributed by atoms with van der Waals surface area (Å²) in [7, 11) is 1.56. The SMILES string of the molecule is COc1cc(C=NNC(=O)C(NC(=O)c2ccc(Cl)cc2Cl)C(C)C)ccc1OCc1cccc2ccccc12. The third kappa shape index (κ3) is 7.11. The number of fused-ring (bicyclic) bond motifs is 1. The molecule has 0 aliphatic carbocycles. The molecule has 0 spiro atoms. The Morgan fingerprint density at radius 1 is 0.950 bits per heavy atom. The minimum Gasteiger partial charge on any atom is -0.493 e. The highest BCUT2D eigenvalue weighted by atomic mass is 35.5. The van der Waals surface area contributed by atoms with Gasteiger partial charge in [0.05, 0.1) is 23.9 Å². The average Bonchev–Trinajstić information content (AvgIpc) is 2.94. The zero-order valence-corrected chi connectivity index (χ0v) is 23.8. The van der Waals surface area contributed by atoms with Crippen LogP contribution in [-0.2, 0) is 11.4 Å². The molecule has 0 bridgehead atoms. The average molecular weight is 578 g/mol. The fraction of sp³-hybridized carbons (Fsp3) is 0.194. The molecule has 0 fully saturated rings. The second-order valence-corrected chi connectivity index (χ2v) is 10.2. The summed E-state index contributed by atoms with van der Waals surface area (Å²) in [6, 6.07) is 23.3. The molecular weight excluding hydrogens is 549 g/mol. The highest BCUT2D eigenvalue weighted by molar-refractivity contribution is 6.36. The minimum absolute atomic E-state index is 0.199. The molecule has 4 aromatic rings. The van der Waals surface area contributed by atoms with Gasteiger partial charge in [0.1, 0.15) is 12.6 Å². The van der Waals surface area contributed by atoms with E-state index in [1.54, 1.807) is 31.4 Å². The Labute approximate surface area is 243 Å². The van der Waals surface area contributed by atoms with Crippen LogP contribution in [-0.4, -0.2) is 31.2 Å². The van der Waals surface area contributed by atoms with Crippen LogP contribution in [0.25, 0.3) is 10.8 Å². The van der Waals surface area contributed by atoms with Gasteiger partial charge in [-0.1, -0.05) is 79.5 Å². The summed E-state index contributed by atoms with van der Waals surface area (Å²) in [4.78, 5) is 25.6. The summed E-state index contributed by atoms with van der Waals surface area (Å²) < 4.78 is 11.6. The van der Waals surface area contributed by atoms with Gasteiger partial charge in [0, 0.05) is 5.02 Å². The number of hydrogen-bond donors (Lipinski definition) is 2.